The van der Waals surface area contributed by atoms with Crippen LogP contribution in [0.5, 0.6) is 0 Å². The van der Waals surface area contributed by atoms with Crippen LogP contribution in [0.25, 0.3) is 0 Å². The van der Waals surface area contributed by atoms with Gasteiger partial charge in [0, 0.05) is 12.8 Å². The molecule has 0 saturated carbocycles. The molecule has 10 nitrogen and oxygen atoms in total. The van der Waals surface area contributed by atoms with Gasteiger partial charge in [-0.3, -0.25) is 19.2 Å². The highest BCUT2D eigenvalue weighted by Gasteiger charge is 2.23. The van der Waals surface area contributed by atoms with Crippen molar-refractivity contribution >= 4 is 23.9 Å². The topological polar surface area (TPSA) is 112 Å². The third-order valence-electron chi connectivity index (χ3n) is 14.0. The van der Waals surface area contributed by atoms with Gasteiger partial charge in [0.15, 0.2) is 0 Å². The highest BCUT2D eigenvalue weighted by atomic mass is 16.6. The molecular formula is C60H116N2O8. The Kier molecular flexibility index (Phi) is 48.8. The lowest BCUT2D eigenvalue weighted by Crippen LogP contribution is -2.25. The van der Waals surface area contributed by atoms with Gasteiger partial charge >= 0.3 is 23.9 Å². The van der Waals surface area contributed by atoms with Crippen LogP contribution in [0.4, 0.5) is 0 Å². The molecule has 3 unspecified atom stereocenters. The molecule has 0 saturated heterocycles. The Morgan fingerprint density at radius 3 is 0.943 bits per heavy atom. The second kappa shape index (κ2) is 50.3. The van der Waals surface area contributed by atoms with Gasteiger partial charge in [-0.25, -0.2) is 0 Å². The van der Waals surface area contributed by atoms with Gasteiger partial charge < -0.3 is 28.7 Å². The molecule has 414 valence electrons. The molecule has 0 amide bonds. The zero-order chi connectivity index (χ0) is 51.7. The molecule has 3 atom stereocenters. The molecule has 0 fully saturated rings. The number of carbonyl (C=O) groups excluding carboxylic acids is 4. The number of nitrogens with zero attached hydrogens (tertiary/aromatic N) is 2. The minimum atomic E-state index is -0.423. The van der Waals surface area contributed by atoms with E-state index in [0.717, 1.165) is 129 Å². The van der Waals surface area contributed by atoms with Gasteiger partial charge in [-0.2, -0.15) is 0 Å². The Morgan fingerprint density at radius 2 is 0.629 bits per heavy atom. The fourth-order valence-electron chi connectivity index (χ4n) is 9.37. The van der Waals surface area contributed by atoms with Crippen molar-refractivity contribution in [2.75, 3.05) is 54.0 Å². The average molecular weight is 994 g/mol. The van der Waals surface area contributed by atoms with Crippen molar-refractivity contribution in [1.82, 2.24) is 9.80 Å². The normalized spacial score (nSPS) is 13.0. The summed E-state index contributed by atoms with van der Waals surface area (Å²) in [6, 6.07) is 0. The van der Waals surface area contributed by atoms with E-state index in [9.17, 15) is 19.2 Å². The van der Waals surface area contributed by atoms with Crippen LogP contribution in [-0.4, -0.2) is 99.9 Å². The summed E-state index contributed by atoms with van der Waals surface area (Å²) < 4.78 is 22.6. The number of unbranched alkanes of at least 4 members (excludes halogenated alkanes) is 27. The molecule has 0 aromatic rings. The zero-order valence-electron chi connectivity index (χ0n) is 47.6. The number of esters is 4. The third kappa shape index (κ3) is 45.6. The van der Waals surface area contributed by atoms with Gasteiger partial charge in [0.25, 0.3) is 0 Å². The first kappa shape index (κ1) is 67.8. The van der Waals surface area contributed by atoms with Crippen molar-refractivity contribution in [3.8, 4) is 0 Å². The van der Waals surface area contributed by atoms with Crippen molar-refractivity contribution < 1.29 is 38.1 Å². The molecule has 10 heteroatoms. The largest absolute Gasteiger partial charge is 0.462 e. The average Bonchev–Trinajstić information content (AvgIpc) is 3.33. The fraction of sp³-hybridized carbons (Fsp3) is 0.933. The summed E-state index contributed by atoms with van der Waals surface area (Å²) in [5.74, 6) is -0.741. The first-order valence-corrected chi connectivity index (χ1v) is 30.0. The lowest BCUT2D eigenvalue weighted by atomic mass is 9.94. The molecule has 0 radical (unpaired) electrons. The minimum Gasteiger partial charge on any atom is -0.462 e. The van der Waals surface area contributed by atoms with E-state index in [1.165, 1.54) is 128 Å². The van der Waals surface area contributed by atoms with E-state index < -0.39 is 12.2 Å². The van der Waals surface area contributed by atoms with E-state index >= 15 is 0 Å². The van der Waals surface area contributed by atoms with Crippen molar-refractivity contribution in [2.24, 2.45) is 11.8 Å². The van der Waals surface area contributed by atoms with Gasteiger partial charge in [0.2, 0.25) is 0 Å². The standard InChI is InChI=1S/C60H116N2O8/c1-9-12-15-18-24-33-42-55(43-34-25-19-16-13-10-2)59(65)67-52-54(5)70-58(64)47-38-29-32-41-50-62(8)49-40-30-23-21-22-27-36-45-56(44-35-26-20-17-14-11-3)60(66)68-51-53(4)69-57(63)46-37-28-31-39-48-61(6)7/h53-56H,9-52H2,1-8H3. The molecule has 70 heavy (non-hydrogen) atoms. The summed E-state index contributed by atoms with van der Waals surface area (Å²) >= 11 is 0. The van der Waals surface area contributed by atoms with E-state index in [0.29, 0.717) is 12.8 Å². The van der Waals surface area contributed by atoms with E-state index in [1.54, 1.807) is 0 Å². The smallest absolute Gasteiger partial charge is 0.309 e. The van der Waals surface area contributed by atoms with Crippen molar-refractivity contribution in [2.45, 2.75) is 297 Å². The van der Waals surface area contributed by atoms with Crippen LogP contribution >= 0.6 is 0 Å². The van der Waals surface area contributed by atoms with E-state index in [4.69, 9.17) is 18.9 Å². The second-order valence-corrected chi connectivity index (χ2v) is 21.6. The molecule has 0 aromatic heterocycles. The third-order valence-corrected chi connectivity index (χ3v) is 14.0. The Hall–Kier alpha value is -2.20. The van der Waals surface area contributed by atoms with Crippen molar-refractivity contribution in [3.05, 3.63) is 0 Å². The van der Waals surface area contributed by atoms with E-state index in [-0.39, 0.29) is 48.9 Å². The SMILES string of the molecule is CCCCCCCCC(CCCCCCCCCN(C)CCCCCCC(=O)OC(C)COC(=O)C(CCCCCCCC)CCCCCCCC)C(=O)OCC(C)OC(=O)CCCCCCN(C)C. The number of hydrogen-bond donors (Lipinski definition) is 0. The maximum absolute atomic E-state index is 13.2. The maximum atomic E-state index is 13.2. The first-order valence-electron chi connectivity index (χ1n) is 30.0. The molecule has 0 aliphatic heterocycles. The van der Waals surface area contributed by atoms with Crippen molar-refractivity contribution in [1.29, 1.82) is 0 Å². The van der Waals surface area contributed by atoms with Crippen LogP contribution < -0.4 is 0 Å². The molecule has 0 aliphatic rings. The lowest BCUT2D eigenvalue weighted by molar-refractivity contribution is -0.160. The highest BCUT2D eigenvalue weighted by Crippen LogP contribution is 2.23. The number of rotatable bonds is 53. The minimum absolute atomic E-state index is 0.0442. The number of carbonyl (C=O) groups is 4. The summed E-state index contributed by atoms with van der Waals surface area (Å²) in [5.41, 5.74) is 0. The summed E-state index contributed by atoms with van der Waals surface area (Å²) in [6.45, 7) is 13.9. The molecule has 0 rings (SSSR count). The van der Waals surface area contributed by atoms with Crippen LogP contribution in [0, 0.1) is 11.8 Å². The predicted octanol–water partition coefficient (Wildman–Crippen LogP) is 15.9. The Labute approximate surface area is 433 Å². The Morgan fingerprint density at radius 1 is 0.357 bits per heavy atom. The molecule has 0 heterocycles. The fourth-order valence-corrected chi connectivity index (χ4v) is 9.37. The Balaban J connectivity index is 4.25. The van der Waals surface area contributed by atoms with Crippen LogP contribution in [0.2, 0.25) is 0 Å². The van der Waals surface area contributed by atoms with Crippen LogP contribution in [0.15, 0.2) is 0 Å². The van der Waals surface area contributed by atoms with Gasteiger partial charge in [-0.05, 0) is 112 Å². The monoisotopic (exact) mass is 993 g/mol. The lowest BCUT2D eigenvalue weighted by Gasteiger charge is -2.19. The molecule has 0 N–H and O–H groups in total. The van der Waals surface area contributed by atoms with Gasteiger partial charge in [0.1, 0.15) is 25.4 Å². The predicted molar refractivity (Wildman–Crippen MR) is 293 cm³/mol. The van der Waals surface area contributed by atoms with Gasteiger partial charge in [-0.15, -0.1) is 0 Å². The van der Waals surface area contributed by atoms with Crippen LogP contribution in [-0.2, 0) is 38.1 Å². The van der Waals surface area contributed by atoms with Gasteiger partial charge in [-0.1, -0.05) is 201 Å². The summed E-state index contributed by atoms with van der Waals surface area (Å²) in [5, 5.41) is 0. The quantitative estimate of drug-likeness (QED) is 0.0332. The molecule has 0 spiro atoms. The van der Waals surface area contributed by atoms with Crippen LogP contribution in [0.1, 0.15) is 285 Å². The number of hydrogen-bond acceptors (Lipinski definition) is 10. The van der Waals surface area contributed by atoms with Crippen molar-refractivity contribution in [3.63, 3.8) is 0 Å². The zero-order valence-corrected chi connectivity index (χ0v) is 47.6. The molecular weight excluding hydrogens is 877 g/mol. The molecule has 0 aliphatic carbocycles. The number of ether oxygens (including phenoxy) is 4. The van der Waals surface area contributed by atoms with E-state index in [1.807, 2.05) is 13.8 Å². The molecule has 0 aromatic carbocycles. The van der Waals surface area contributed by atoms with Gasteiger partial charge in [0.05, 0.1) is 11.8 Å². The van der Waals surface area contributed by atoms with Crippen LogP contribution in [0.3, 0.4) is 0 Å². The summed E-state index contributed by atoms with van der Waals surface area (Å²) in [4.78, 5) is 55.8. The van der Waals surface area contributed by atoms with E-state index in [2.05, 4.69) is 51.7 Å². The summed E-state index contributed by atoms with van der Waals surface area (Å²) in [6.07, 6.45) is 42.0. The highest BCUT2D eigenvalue weighted by molar-refractivity contribution is 5.73. The first-order chi connectivity index (χ1) is 33.9. The Bertz CT molecular complexity index is 1180. The molecule has 0 bridgehead atoms. The summed E-state index contributed by atoms with van der Waals surface area (Å²) in [7, 11) is 6.38. The second-order valence-electron chi connectivity index (χ2n) is 21.6. The maximum Gasteiger partial charge on any atom is 0.309 e.